The Balaban J connectivity index is 2.23. The third kappa shape index (κ3) is 1.77. The molecule has 3 nitrogen and oxygen atoms in total. The van der Waals surface area contributed by atoms with Gasteiger partial charge in [0.2, 0.25) is 5.91 Å². The van der Waals surface area contributed by atoms with Gasteiger partial charge in [0.1, 0.15) is 0 Å². The zero-order valence-corrected chi connectivity index (χ0v) is 8.21. The molecule has 3 heteroatoms. The average Bonchev–Trinajstić information content (AvgIpc) is 2.04. The normalized spacial score (nSPS) is 16.1. The number of rotatable bonds is 2. The second-order valence-corrected chi connectivity index (χ2v) is 3.62. The van der Waals surface area contributed by atoms with Gasteiger partial charge in [0.15, 0.2) is 0 Å². The molecule has 1 fully saturated rings. The summed E-state index contributed by atoms with van der Waals surface area (Å²) in [4.78, 5) is 11.0. The van der Waals surface area contributed by atoms with Crippen molar-refractivity contribution >= 4 is 11.6 Å². The van der Waals surface area contributed by atoms with Crippen LogP contribution < -0.4 is 10.6 Å². The highest BCUT2D eigenvalue weighted by atomic mass is 16.1. The smallest absolute Gasteiger partial charge is 0.221 e. The highest BCUT2D eigenvalue weighted by molar-refractivity contribution is 5.89. The first-order chi connectivity index (χ1) is 6.77. The molecule has 2 N–H and O–H groups in total. The van der Waals surface area contributed by atoms with Crippen molar-refractivity contribution in [2.24, 2.45) is 0 Å². The van der Waals surface area contributed by atoms with Crippen molar-refractivity contribution in [2.45, 2.75) is 12.8 Å². The summed E-state index contributed by atoms with van der Waals surface area (Å²) < 4.78 is 0. The Morgan fingerprint density at radius 2 is 2.14 bits per heavy atom. The maximum absolute atomic E-state index is 11.0. The highest BCUT2D eigenvalue weighted by Crippen LogP contribution is 2.26. The fraction of sp³-hybridized carbons (Fsp3) is 0.364. The fourth-order valence-electron chi connectivity index (χ4n) is 1.67. The zero-order valence-electron chi connectivity index (χ0n) is 8.21. The van der Waals surface area contributed by atoms with Crippen molar-refractivity contribution in [2.75, 3.05) is 18.4 Å². The van der Waals surface area contributed by atoms with Crippen LogP contribution in [0.4, 0.5) is 5.69 Å². The predicted molar refractivity (Wildman–Crippen MR) is 56.4 cm³/mol. The molecule has 1 heterocycles. The van der Waals surface area contributed by atoms with Crippen LogP contribution in [0.2, 0.25) is 0 Å². The van der Waals surface area contributed by atoms with E-state index in [0.717, 1.165) is 18.8 Å². The number of hydrogen-bond acceptors (Lipinski definition) is 2. The van der Waals surface area contributed by atoms with Crippen LogP contribution >= 0.6 is 0 Å². The first kappa shape index (κ1) is 9.21. The van der Waals surface area contributed by atoms with Gasteiger partial charge >= 0.3 is 0 Å². The standard InChI is InChI=1S/C11H14N2O/c1-8(14)13-11-5-3-2-4-10(11)9-6-12-7-9/h2-5,9,12H,6-7H2,1H3,(H,13,14). The third-order valence-electron chi connectivity index (χ3n) is 2.49. The third-order valence-corrected chi connectivity index (χ3v) is 2.49. The summed E-state index contributed by atoms with van der Waals surface area (Å²) in [6.45, 7) is 3.56. The van der Waals surface area contributed by atoms with E-state index in [1.807, 2.05) is 18.2 Å². The Bertz CT molecular complexity index is 345. The lowest BCUT2D eigenvalue weighted by Crippen LogP contribution is -2.40. The Kier molecular flexibility index (Phi) is 2.50. The number of carbonyl (C=O) groups is 1. The van der Waals surface area contributed by atoms with Gasteiger partial charge in [0, 0.05) is 31.6 Å². The molecule has 0 aliphatic carbocycles. The quantitative estimate of drug-likeness (QED) is 0.738. The second-order valence-electron chi connectivity index (χ2n) is 3.62. The molecule has 0 radical (unpaired) electrons. The molecular formula is C11H14N2O. The minimum atomic E-state index is -0.00951. The topological polar surface area (TPSA) is 41.1 Å². The van der Waals surface area contributed by atoms with Crippen LogP contribution in [-0.2, 0) is 4.79 Å². The van der Waals surface area contributed by atoms with E-state index in [9.17, 15) is 4.79 Å². The Labute approximate surface area is 83.5 Å². The Morgan fingerprint density at radius 1 is 1.43 bits per heavy atom. The number of para-hydroxylation sites is 1. The number of hydrogen-bond donors (Lipinski definition) is 2. The lowest BCUT2D eigenvalue weighted by atomic mass is 9.92. The van der Waals surface area contributed by atoms with E-state index < -0.39 is 0 Å². The average molecular weight is 190 g/mol. The molecule has 0 saturated carbocycles. The van der Waals surface area contributed by atoms with Crippen molar-refractivity contribution in [1.29, 1.82) is 0 Å². The molecule has 1 amide bonds. The van der Waals surface area contributed by atoms with E-state index in [1.165, 1.54) is 12.5 Å². The molecule has 1 aromatic rings. The van der Waals surface area contributed by atoms with Gasteiger partial charge in [-0.15, -0.1) is 0 Å². The van der Waals surface area contributed by atoms with Crippen molar-refractivity contribution in [1.82, 2.24) is 5.32 Å². The summed E-state index contributed by atoms with van der Waals surface area (Å²) in [5.41, 5.74) is 2.19. The van der Waals surface area contributed by atoms with Crippen LogP contribution in [0, 0.1) is 0 Å². The van der Waals surface area contributed by atoms with E-state index in [2.05, 4.69) is 16.7 Å². The maximum Gasteiger partial charge on any atom is 0.221 e. The number of anilines is 1. The van der Waals surface area contributed by atoms with E-state index in [4.69, 9.17) is 0 Å². The molecule has 1 saturated heterocycles. The Hall–Kier alpha value is -1.35. The van der Waals surface area contributed by atoms with Crippen molar-refractivity contribution in [3.63, 3.8) is 0 Å². The van der Waals surface area contributed by atoms with Crippen LogP contribution in [0.1, 0.15) is 18.4 Å². The number of amides is 1. The molecule has 0 spiro atoms. The van der Waals surface area contributed by atoms with Gasteiger partial charge in [-0.2, -0.15) is 0 Å². The van der Waals surface area contributed by atoms with Gasteiger partial charge in [-0.3, -0.25) is 4.79 Å². The molecule has 2 rings (SSSR count). The summed E-state index contributed by atoms with van der Waals surface area (Å²) in [5, 5.41) is 6.08. The first-order valence-corrected chi connectivity index (χ1v) is 4.84. The van der Waals surface area contributed by atoms with E-state index in [1.54, 1.807) is 0 Å². The second kappa shape index (κ2) is 3.80. The summed E-state index contributed by atoms with van der Waals surface area (Å²) in [5.74, 6) is 0.544. The predicted octanol–water partition coefficient (Wildman–Crippen LogP) is 1.33. The van der Waals surface area contributed by atoms with Gasteiger partial charge in [0.05, 0.1) is 0 Å². The molecular weight excluding hydrogens is 176 g/mol. The summed E-state index contributed by atoms with van der Waals surface area (Å²) in [6.07, 6.45) is 0. The summed E-state index contributed by atoms with van der Waals surface area (Å²) in [6, 6.07) is 7.99. The van der Waals surface area contributed by atoms with E-state index >= 15 is 0 Å². The number of nitrogens with one attached hydrogen (secondary N) is 2. The van der Waals surface area contributed by atoms with Gasteiger partial charge in [-0.1, -0.05) is 18.2 Å². The van der Waals surface area contributed by atoms with Gasteiger partial charge in [-0.25, -0.2) is 0 Å². The molecule has 0 bridgehead atoms. The lowest BCUT2D eigenvalue weighted by Gasteiger charge is -2.29. The number of benzene rings is 1. The number of carbonyl (C=O) groups excluding carboxylic acids is 1. The van der Waals surface area contributed by atoms with Crippen LogP contribution in [-0.4, -0.2) is 19.0 Å². The molecule has 0 aromatic heterocycles. The minimum Gasteiger partial charge on any atom is -0.326 e. The van der Waals surface area contributed by atoms with Crippen LogP contribution in [0.5, 0.6) is 0 Å². The Morgan fingerprint density at radius 3 is 2.71 bits per heavy atom. The van der Waals surface area contributed by atoms with E-state index in [-0.39, 0.29) is 5.91 Å². The summed E-state index contributed by atoms with van der Waals surface area (Å²) in [7, 11) is 0. The molecule has 1 aliphatic heterocycles. The van der Waals surface area contributed by atoms with Crippen LogP contribution in [0.25, 0.3) is 0 Å². The fourth-order valence-corrected chi connectivity index (χ4v) is 1.67. The molecule has 14 heavy (non-hydrogen) atoms. The van der Waals surface area contributed by atoms with Crippen molar-refractivity contribution < 1.29 is 4.79 Å². The van der Waals surface area contributed by atoms with Crippen molar-refractivity contribution in [3.05, 3.63) is 29.8 Å². The van der Waals surface area contributed by atoms with Crippen molar-refractivity contribution in [3.8, 4) is 0 Å². The minimum absolute atomic E-state index is 0.00951. The zero-order chi connectivity index (χ0) is 9.97. The van der Waals surface area contributed by atoms with Crippen LogP contribution in [0.15, 0.2) is 24.3 Å². The van der Waals surface area contributed by atoms with Gasteiger partial charge in [-0.05, 0) is 11.6 Å². The molecule has 1 aliphatic rings. The van der Waals surface area contributed by atoms with E-state index in [0.29, 0.717) is 5.92 Å². The largest absolute Gasteiger partial charge is 0.326 e. The maximum atomic E-state index is 11.0. The first-order valence-electron chi connectivity index (χ1n) is 4.84. The lowest BCUT2D eigenvalue weighted by molar-refractivity contribution is -0.114. The molecule has 0 unspecified atom stereocenters. The highest BCUT2D eigenvalue weighted by Gasteiger charge is 2.21. The summed E-state index contributed by atoms with van der Waals surface area (Å²) >= 11 is 0. The SMILES string of the molecule is CC(=O)Nc1ccccc1C1CNC1. The van der Waals surface area contributed by atoms with Gasteiger partial charge < -0.3 is 10.6 Å². The van der Waals surface area contributed by atoms with Gasteiger partial charge in [0.25, 0.3) is 0 Å². The van der Waals surface area contributed by atoms with Crippen LogP contribution in [0.3, 0.4) is 0 Å². The monoisotopic (exact) mass is 190 g/mol. The molecule has 74 valence electrons. The molecule has 0 atom stereocenters. The molecule has 1 aromatic carbocycles.